The number of β-amino-alcohol motifs (C(OH)–C–C–N with tert-alkyl or cyclic N) is 1. The number of hydrogen-bond acceptors (Lipinski definition) is 3. The van der Waals surface area contributed by atoms with Gasteiger partial charge < -0.3 is 5.11 Å². The highest BCUT2D eigenvalue weighted by atomic mass is 16.3. The Morgan fingerprint density at radius 3 is 2.92 bits per heavy atom. The van der Waals surface area contributed by atoms with Crippen LogP contribution in [-0.2, 0) is 4.79 Å². The van der Waals surface area contributed by atoms with Crippen LogP contribution in [0.3, 0.4) is 0 Å². The van der Waals surface area contributed by atoms with Gasteiger partial charge >= 0.3 is 0 Å². The number of rotatable bonds is 3. The van der Waals surface area contributed by atoms with Crippen molar-refractivity contribution in [2.24, 2.45) is 11.0 Å². The Morgan fingerprint density at radius 1 is 1.58 bits per heavy atom. The standard InChI is InChI=1S/C8H12N2O2/c11-4-3-10-8(12)5-7(9-10)6-1-2-6/h6,11H,1-5H2. The highest BCUT2D eigenvalue weighted by molar-refractivity contribution is 6.06. The molecule has 4 heteroatoms. The summed E-state index contributed by atoms with van der Waals surface area (Å²) >= 11 is 0. The molecule has 0 unspecified atom stereocenters. The van der Waals surface area contributed by atoms with Gasteiger partial charge in [-0.3, -0.25) is 4.79 Å². The van der Waals surface area contributed by atoms with Crippen molar-refractivity contribution in [3.05, 3.63) is 0 Å². The summed E-state index contributed by atoms with van der Waals surface area (Å²) < 4.78 is 0. The largest absolute Gasteiger partial charge is 0.394 e. The molecule has 0 spiro atoms. The van der Waals surface area contributed by atoms with Crippen molar-refractivity contribution in [3.8, 4) is 0 Å². The molecule has 0 saturated heterocycles. The lowest BCUT2D eigenvalue weighted by molar-refractivity contribution is -0.129. The highest BCUT2D eigenvalue weighted by Gasteiger charge is 2.34. The molecule has 0 radical (unpaired) electrons. The molecule has 1 amide bonds. The summed E-state index contributed by atoms with van der Waals surface area (Å²) in [6.07, 6.45) is 2.84. The third-order valence-corrected chi connectivity index (χ3v) is 2.23. The first-order valence-corrected chi connectivity index (χ1v) is 4.30. The topological polar surface area (TPSA) is 52.9 Å². The number of amides is 1. The van der Waals surface area contributed by atoms with E-state index in [1.165, 1.54) is 17.9 Å². The van der Waals surface area contributed by atoms with Crippen molar-refractivity contribution >= 4 is 11.6 Å². The molecule has 1 aliphatic heterocycles. The molecule has 12 heavy (non-hydrogen) atoms. The molecule has 0 aromatic heterocycles. The van der Waals surface area contributed by atoms with E-state index in [4.69, 9.17) is 5.11 Å². The van der Waals surface area contributed by atoms with Gasteiger partial charge in [0.2, 0.25) is 5.91 Å². The first kappa shape index (κ1) is 7.73. The summed E-state index contributed by atoms with van der Waals surface area (Å²) in [7, 11) is 0. The van der Waals surface area contributed by atoms with E-state index in [0.29, 0.717) is 18.9 Å². The molecule has 0 bridgehead atoms. The zero-order valence-corrected chi connectivity index (χ0v) is 6.86. The van der Waals surface area contributed by atoms with Gasteiger partial charge in [-0.15, -0.1) is 0 Å². The molecule has 1 saturated carbocycles. The lowest BCUT2D eigenvalue weighted by Gasteiger charge is -2.07. The number of carbonyl (C=O) groups is 1. The molecule has 1 heterocycles. The van der Waals surface area contributed by atoms with Crippen LogP contribution in [0.1, 0.15) is 19.3 Å². The fourth-order valence-corrected chi connectivity index (χ4v) is 1.40. The molecular weight excluding hydrogens is 156 g/mol. The van der Waals surface area contributed by atoms with Crippen LogP contribution in [0.15, 0.2) is 5.10 Å². The molecule has 0 atom stereocenters. The molecular formula is C8H12N2O2. The van der Waals surface area contributed by atoms with Crippen LogP contribution in [0.5, 0.6) is 0 Å². The predicted octanol–water partition coefficient (Wildman–Crippen LogP) is -0.0230. The number of aliphatic hydroxyl groups is 1. The SMILES string of the molecule is O=C1CC(C2CC2)=NN1CCO. The average molecular weight is 168 g/mol. The lowest BCUT2D eigenvalue weighted by Crippen LogP contribution is -2.23. The molecule has 0 aromatic rings. The van der Waals surface area contributed by atoms with Gasteiger partial charge in [0.15, 0.2) is 0 Å². The predicted molar refractivity (Wildman–Crippen MR) is 43.6 cm³/mol. The quantitative estimate of drug-likeness (QED) is 0.643. The van der Waals surface area contributed by atoms with Gasteiger partial charge in [0.1, 0.15) is 0 Å². The normalized spacial score (nSPS) is 23.2. The van der Waals surface area contributed by atoms with E-state index in [-0.39, 0.29) is 12.5 Å². The van der Waals surface area contributed by atoms with Crippen molar-refractivity contribution in [1.82, 2.24) is 5.01 Å². The van der Waals surface area contributed by atoms with Crippen molar-refractivity contribution < 1.29 is 9.90 Å². The summed E-state index contributed by atoms with van der Waals surface area (Å²) in [4.78, 5) is 11.2. The summed E-state index contributed by atoms with van der Waals surface area (Å²) in [6.45, 7) is 0.336. The molecule has 1 N–H and O–H groups in total. The van der Waals surface area contributed by atoms with Crippen molar-refractivity contribution in [3.63, 3.8) is 0 Å². The van der Waals surface area contributed by atoms with E-state index in [1.807, 2.05) is 0 Å². The molecule has 2 aliphatic rings. The minimum Gasteiger partial charge on any atom is -0.394 e. The Kier molecular flexibility index (Phi) is 1.84. The lowest BCUT2D eigenvalue weighted by atomic mass is 10.2. The van der Waals surface area contributed by atoms with Crippen molar-refractivity contribution in [1.29, 1.82) is 0 Å². The second-order valence-electron chi connectivity index (χ2n) is 3.28. The molecule has 2 rings (SSSR count). The van der Waals surface area contributed by atoms with Gasteiger partial charge in [-0.1, -0.05) is 0 Å². The van der Waals surface area contributed by atoms with Crippen LogP contribution in [0.25, 0.3) is 0 Å². The summed E-state index contributed by atoms with van der Waals surface area (Å²) in [5, 5.41) is 14.2. The van der Waals surface area contributed by atoms with Crippen LogP contribution >= 0.6 is 0 Å². The smallest absolute Gasteiger partial charge is 0.248 e. The average Bonchev–Trinajstić information content (AvgIpc) is 2.80. The van der Waals surface area contributed by atoms with Gasteiger partial charge in [-0.05, 0) is 18.8 Å². The van der Waals surface area contributed by atoms with Crippen molar-refractivity contribution in [2.45, 2.75) is 19.3 Å². The fourth-order valence-electron chi connectivity index (χ4n) is 1.40. The van der Waals surface area contributed by atoms with Gasteiger partial charge in [0.25, 0.3) is 0 Å². The second kappa shape index (κ2) is 2.86. The first-order valence-electron chi connectivity index (χ1n) is 4.30. The van der Waals surface area contributed by atoms with E-state index in [2.05, 4.69) is 5.10 Å². The third-order valence-electron chi connectivity index (χ3n) is 2.23. The van der Waals surface area contributed by atoms with Crippen molar-refractivity contribution in [2.75, 3.05) is 13.2 Å². The number of carbonyl (C=O) groups excluding carboxylic acids is 1. The minimum absolute atomic E-state index is 0.00676. The summed E-state index contributed by atoms with van der Waals surface area (Å²) in [6, 6.07) is 0. The van der Waals surface area contributed by atoms with Gasteiger partial charge in [-0.2, -0.15) is 5.10 Å². The van der Waals surface area contributed by atoms with Gasteiger partial charge in [0, 0.05) is 0 Å². The summed E-state index contributed by atoms with van der Waals surface area (Å²) in [5.74, 6) is 0.601. The molecule has 66 valence electrons. The van der Waals surface area contributed by atoms with E-state index >= 15 is 0 Å². The van der Waals surface area contributed by atoms with Crippen LogP contribution in [-0.4, -0.2) is 34.9 Å². The monoisotopic (exact) mass is 168 g/mol. The van der Waals surface area contributed by atoms with Crippen LogP contribution < -0.4 is 0 Å². The molecule has 1 fully saturated rings. The Balaban J connectivity index is 2.00. The summed E-state index contributed by atoms with van der Waals surface area (Å²) in [5.41, 5.74) is 1.02. The maximum absolute atomic E-state index is 11.2. The Hall–Kier alpha value is -0.900. The molecule has 1 aliphatic carbocycles. The Labute approximate surface area is 70.9 Å². The van der Waals surface area contributed by atoms with E-state index < -0.39 is 0 Å². The number of aliphatic hydroxyl groups excluding tert-OH is 1. The zero-order valence-electron chi connectivity index (χ0n) is 6.86. The molecule has 4 nitrogen and oxygen atoms in total. The van der Waals surface area contributed by atoms with Crippen LogP contribution in [0.4, 0.5) is 0 Å². The van der Waals surface area contributed by atoms with E-state index in [0.717, 1.165) is 5.71 Å². The Morgan fingerprint density at radius 2 is 2.33 bits per heavy atom. The number of hydrogen-bond donors (Lipinski definition) is 1. The Bertz CT molecular complexity index is 233. The van der Waals surface area contributed by atoms with Crippen LogP contribution in [0, 0.1) is 5.92 Å². The third kappa shape index (κ3) is 1.34. The minimum atomic E-state index is -0.00676. The fraction of sp³-hybridized carbons (Fsp3) is 0.750. The highest BCUT2D eigenvalue weighted by Crippen LogP contribution is 2.34. The van der Waals surface area contributed by atoms with E-state index in [9.17, 15) is 4.79 Å². The number of nitrogens with zero attached hydrogens (tertiary/aromatic N) is 2. The van der Waals surface area contributed by atoms with Crippen LogP contribution in [0.2, 0.25) is 0 Å². The molecule has 0 aromatic carbocycles. The van der Waals surface area contributed by atoms with E-state index in [1.54, 1.807) is 0 Å². The second-order valence-corrected chi connectivity index (χ2v) is 3.28. The first-order chi connectivity index (χ1) is 5.81. The maximum atomic E-state index is 11.2. The van der Waals surface area contributed by atoms with Gasteiger partial charge in [-0.25, -0.2) is 5.01 Å². The maximum Gasteiger partial charge on any atom is 0.248 e. The zero-order chi connectivity index (χ0) is 8.55. The van der Waals surface area contributed by atoms with Gasteiger partial charge in [0.05, 0.1) is 25.3 Å². The number of hydrazone groups is 1.